The quantitative estimate of drug-likeness (QED) is 0.776. The second kappa shape index (κ2) is 8.42. The van der Waals surface area contributed by atoms with Crippen molar-refractivity contribution in [2.45, 2.75) is 51.0 Å². The predicted octanol–water partition coefficient (Wildman–Crippen LogP) is 3.01. The fourth-order valence-corrected chi connectivity index (χ4v) is 3.69. The van der Waals surface area contributed by atoms with Gasteiger partial charge in [-0.05, 0) is 55.2 Å². The summed E-state index contributed by atoms with van der Waals surface area (Å²) < 4.78 is 23.6. The number of hydrogen-bond acceptors (Lipinski definition) is 4. The number of unbranched alkanes of at least 4 members (excludes halogenated alkanes) is 1. The highest BCUT2D eigenvalue weighted by molar-refractivity contribution is 7.89. The first-order valence-electron chi connectivity index (χ1n) is 8.59. The smallest absolute Gasteiger partial charge is 0.251 e. The van der Waals surface area contributed by atoms with Crippen LogP contribution in [0.2, 0.25) is 0 Å². The van der Waals surface area contributed by atoms with Crippen LogP contribution < -0.4 is 10.5 Å². The second-order valence-corrected chi connectivity index (χ2v) is 7.95. The fourth-order valence-electron chi connectivity index (χ4n) is 2.81. The van der Waals surface area contributed by atoms with Gasteiger partial charge in [0.05, 0.1) is 10.9 Å². The number of amides is 1. The minimum Gasteiger partial charge on any atom is -0.345 e. The molecule has 26 heavy (non-hydrogen) atoms. The van der Waals surface area contributed by atoms with Crippen molar-refractivity contribution in [2.24, 2.45) is 5.14 Å². The SMILES string of the molecule is CCCCC(NC(=O)c1cc(C)c(C)c(S(N)(=O)=O)c1)c1cccnc1. The van der Waals surface area contributed by atoms with Gasteiger partial charge in [0.1, 0.15) is 0 Å². The molecule has 2 aromatic rings. The second-order valence-electron chi connectivity index (χ2n) is 6.42. The summed E-state index contributed by atoms with van der Waals surface area (Å²) in [5.41, 5.74) is 2.46. The first kappa shape index (κ1) is 20.1. The molecule has 1 heterocycles. The average Bonchev–Trinajstić information content (AvgIpc) is 2.60. The van der Waals surface area contributed by atoms with Crippen molar-refractivity contribution in [1.29, 1.82) is 0 Å². The van der Waals surface area contributed by atoms with E-state index in [2.05, 4.69) is 17.2 Å². The number of primary sulfonamides is 1. The number of nitrogens with one attached hydrogen (secondary N) is 1. The molecule has 1 amide bonds. The number of carbonyl (C=O) groups is 1. The van der Waals surface area contributed by atoms with Crippen LogP contribution in [0.5, 0.6) is 0 Å². The van der Waals surface area contributed by atoms with E-state index in [0.717, 1.165) is 24.8 Å². The monoisotopic (exact) mass is 375 g/mol. The van der Waals surface area contributed by atoms with E-state index in [0.29, 0.717) is 11.1 Å². The van der Waals surface area contributed by atoms with Crippen molar-refractivity contribution in [3.63, 3.8) is 0 Å². The molecule has 3 N–H and O–H groups in total. The van der Waals surface area contributed by atoms with Crippen LogP contribution >= 0.6 is 0 Å². The Morgan fingerprint density at radius 1 is 1.31 bits per heavy atom. The van der Waals surface area contributed by atoms with Crippen LogP contribution in [0.4, 0.5) is 0 Å². The Balaban J connectivity index is 2.34. The molecule has 0 saturated carbocycles. The molecule has 7 heteroatoms. The van der Waals surface area contributed by atoms with Crippen LogP contribution in [-0.4, -0.2) is 19.3 Å². The number of nitrogens with two attached hydrogens (primary N) is 1. The highest BCUT2D eigenvalue weighted by atomic mass is 32.2. The molecular formula is C19H25N3O3S. The van der Waals surface area contributed by atoms with Gasteiger partial charge in [0.15, 0.2) is 0 Å². The zero-order chi connectivity index (χ0) is 19.3. The molecule has 0 aliphatic carbocycles. The largest absolute Gasteiger partial charge is 0.345 e. The van der Waals surface area contributed by atoms with Crippen LogP contribution in [0, 0.1) is 13.8 Å². The van der Waals surface area contributed by atoms with Crippen molar-refractivity contribution < 1.29 is 13.2 Å². The zero-order valence-corrected chi connectivity index (χ0v) is 16.1. The summed E-state index contributed by atoms with van der Waals surface area (Å²) in [7, 11) is -3.90. The summed E-state index contributed by atoms with van der Waals surface area (Å²) >= 11 is 0. The third-order valence-electron chi connectivity index (χ3n) is 4.43. The Hall–Kier alpha value is -2.25. The molecule has 0 aliphatic rings. The molecule has 0 aliphatic heterocycles. The van der Waals surface area contributed by atoms with Gasteiger partial charge >= 0.3 is 0 Å². The van der Waals surface area contributed by atoms with Gasteiger partial charge < -0.3 is 5.32 Å². The van der Waals surface area contributed by atoms with Gasteiger partial charge in [0.2, 0.25) is 10.0 Å². The summed E-state index contributed by atoms with van der Waals surface area (Å²) in [6.45, 7) is 5.52. The van der Waals surface area contributed by atoms with E-state index in [-0.39, 0.29) is 22.4 Å². The Kier molecular flexibility index (Phi) is 6.50. The van der Waals surface area contributed by atoms with Crippen molar-refractivity contribution in [2.75, 3.05) is 0 Å². The first-order chi connectivity index (χ1) is 12.2. The Labute approximate surface area is 154 Å². The standard InChI is InChI=1S/C19H25N3O3S/c1-4-5-8-17(15-7-6-9-21-12-15)22-19(23)16-10-13(2)14(3)18(11-16)26(20,24)25/h6-7,9-12,17H,4-5,8H2,1-3H3,(H,22,23)(H2,20,24,25). The predicted molar refractivity (Wildman–Crippen MR) is 101 cm³/mol. The summed E-state index contributed by atoms with van der Waals surface area (Å²) in [5.74, 6) is -0.331. The molecule has 0 bridgehead atoms. The van der Waals surface area contributed by atoms with Crippen LogP contribution in [0.3, 0.4) is 0 Å². The minimum absolute atomic E-state index is 0.0193. The van der Waals surface area contributed by atoms with Gasteiger partial charge in [0.25, 0.3) is 5.91 Å². The van der Waals surface area contributed by atoms with Gasteiger partial charge in [-0.25, -0.2) is 13.6 Å². The van der Waals surface area contributed by atoms with Gasteiger partial charge in [-0.3, -0.25) is 9.78 Å². The van der Waals surface area contributed by atoms with Gasteiger partial charge in [0, 0.05) is 18.0 Å². The van der Waals surface area contributed by atoms with Crippen LogP contribution in [0.15, 0.2) is 41.6 Å². The highest BCUT2D eigenvalue weighted by Gasteiger charge is 2.20. The molecule has 2 rings (SSSR count). The van der Waals surface area contributed by atoms with E-state index < -0.39 is 10.0 Å². The number of nitrogens with zero attached hydrogens (tertiary/aromatic N) is 1. The van der Waals surface area contributed by atoms with Crippen molar-refractivity contribution >= 4 is 15.9 Å². The van der Waals surface area contributed by atoms with Gasteiger partial charge in [-0.1, -0.05) is 25.8 Å². The molecule has 1 aromatic heterocycles. The number of hydrogen-bond donors (Lipinski definition) is 2. The lowest BCUT2D eigenvalue weighted by Crippen LogP contribution is -2.29. The van der Waals surface area contributed by atoms with Gasteiger partial charge in [-0.2, -0.15) is 0 Å². The number of pyridine rings is 1. The maximum absolute atomic E-state index is 12.8. The summed E-state index contributed by atoms with van der Waals surface area (Å²) in [6.07, 6.45) is 6.16. The number of benzene rings is 1. The highest BCUT2D eigenvalue weighted by Crippen LogP contribution is 2.22. The Bertz CT molecular complexity index is 880. The molecule has 140 valence electrons. The maximum Gasteiger partial charge on any atom is 0.251 e. The fraction of sp³-hybridized carbons (Fsp3) is 0.368. The van der Waals surface area contributed by atoms with E-state index in [9.17, 15) is 13.2 Å². The molecule has 1 unspecified atom stereocenters. The molecule has 0 radical (unpaired) electrons. The Morgan fingerprint density at radius 2 is 2.04 bits per heavy atom. The molecule has 1 atom stereocenters. The van der Waals surface area contributed by atoms with Crippen LogP contribution in [0.1, 0.15) is 59.3 Å². The van der Waals surface area contributed by atoms with E-state index >= 15 is 0 Å². The molecular weight excluding hydrogens is 350 g/mol. The minimum atomic E-state index is -3.90. The third kappa shape index (κ3) is 4.89. The van der Waals surface area contributed by atoms with E-state index in [1.165, 1.54) is 6.07 Å². The van der Waals surface area contributed by atoms with E-state index in [1.807, 2.05) is 12.1 Å². The van der Waals surface area contributed by atoms with Crippen molar-refractivity contribution in [1.82, 2.24) is 10.3 Å². The average molecular weight is 375 g/mol. The summed E-state index contributed by atoms with van der Waals surface area (Å²) in [6, 6.07) is 6.59. The van der Waals surface area contributed by atoms with E-state index in [4.69, 9.17) is 5.14 Å². The van der Waals surface area contributed by atoms with Crippen molar-refractivity contribution in [3.05, 3.63) is 58.9 Å². The van der Waals surface area contributed by atoms with E-state index in [1.54, 1.807) is 32.3 Å². The molecule has 6 nitrogen and oxygen atoms in total. The molecule has 0 saturated heterocycles. The summed E-state index contributed by atoms with van der Waals surface area (Å²) in [4.78, 5) is 16.9. The number of rotatable bonds is 7. The topological polar surface area (TPSA) is 102 Å². The summed E-state index contributed by atoms with van der Waals surface area (Å²) in [5, 5.41) is 8.28. The zero-order valence-electron chi connectivity index (χ0n) is 15.3. The number of carbonyl (C=O) groups excluding carboxylic acids is 1. The van der Waals surface area contributed by atoms with Crippen LogP contribution in [0.25, 0.3) is 0 Å². The lowest BCUT2D eigenvalue weighted by Gasteiger charge is -2.19. The Morgan fingerprint density at radius 3 is 2.62 bits per heavy atom. The molecule has 1 aromatic carbocycles. The number of sulfonamides is 1. The molecule has 0 fully saturated rings. The number of aryl methyl sites for hydroxylation is 1. The lowest BCUT2D eigenvalue weighted by atomic mass is 10.0. The number of aromatic nitrogens is 1. The normalized spacial score (nSPS) is 12.6. The molecule has 0 spiro atoms. The van der Waals surface area contributed by atoms with Crippen LogP contribution in [-0.2, 0) is 10.0 Å². The van der Waals surface area contributed by atoms with Crippen molar-refractivity contribution in [3.8, 4) is 0 Å². The lowest BCUT2D eigenvalue weighted by molar-refractivity contribution is 0.0933. The third-order valence-corrected chi connectivity index (χ3v) is 5.46. The first-order valence-corrected chi connectivity index (χ1v) is 10.1. The maximum atomic E-state index is 12.8. The van der Waals surface area contributed by atoms with Gasteiger partial charge in [-0.15, -0.1) is 0 Å².